The van der Waals surface area contributed by atoms with Crippen molar-refractivity contribution in [3.05, 3.63) is 47.1 Å². The van der Waals surface area contributed by atoms with Gasteiger partial charge in [-0.25, -0.2) is 9.97 Å². The van der Waals surface area contributed by atoms with Crippen LogP contribution in [0.3, 0.4) is 0 Å². The number of amides is 1. The highest BCUT2D eigenvalue weighted by Crippen LogP contribution is 2.27. The summed E-state index contributed by atoms with van der Waals surface area (Å²) in [5.74, 6) is 1.88. The number of halogens is 1. The van der Waals surface area contributed by atoms with Crippen LogP contribution in [-0.2, 0) is 11.2 Å². The van der Waals surface area contributed by atoms with Gasteiger partial charge in [0, 0.05) is 32.2 Å². The summed E-state index contributed by atoms with van der Waals surface area (Å²) in [6.45, 7) is 5.84. The number of hydrogen-bond donors (Lipinski definition) is 1. The molecule has 178 valence electrons. The van der Waals surface area contributed by atoms with E-state index in [2.05, 4.69) is 50.4 Å². The number of anilines is 1. The molecular formula is C25H34ClN5OS. The molecular weight excluding hydrogens is 454 g/mol. The summed E-state index contributed by atoms with van der Waals surface area (Å²) in [6, 6.07) is 12.6. The van der Waals surface area contributed by atoms with Crippen molar-refractivity contribution in [3.63, 3.8) is 0 Å². The van der Waals surface area contributed by atoms with Crippen molar-refractivity contribution in [1.29, 1.82) is 0 Å². The van der Waals surface area contributed by atoms with Gasteiger partial charge < -0.3 is 15.1 Å². The molecule has 0 radical (unpaired) electrons. The van der Waals surface area contributed by atoms with Gasteiger partial charge in [-0.15, -0.1) is 0 Å². The lowest BCUT2D eigenvalue weighted by molar-refractivity contribution is -0.118. The van der Waals surface area contributed by atoms with Crippen LogP contribution in [0.5, 0.6) is 0 Å². The van der Waals surface area contributed by atoms with Gasteiger partial charge in [0.1, 0.15) is 11.0 Å². The highest BCUT2D eigenvalue weighted by molar-refractivity contribution is 7.99. The van der Waals surface area contributed by atoms with Gasteiger partial charge in [0.2, 0.25) is 5.91 Å². The zero-order chi connectivity index (χ0) is 22.9. The smallest absolute Gasteiger partial charge is 0.230 e. The molecule has 0 spiro atoms. The SMILES string of the molecule is O=C(CSc1nc(Cl)cc(N2CCC(Cc3ccccc3)CC2)n1)NCCN1CCCCC1. The third kappa shape index (κ3) is 7.87. The van der Waals surface area contributed by atoms with Crippen molar-refractivity contribution in [3.8, 4) is 0 Å². The van der Waals surface area contributed by atoms with E-state index in [1.54, 1.807) is 0 Å². The second kappa shape index (κ2) is 12.6. The molecule has 0 bridgehead atoms. The standard InChI is InChI=1S/C25H34ClN5OS/c26-22-18-23(31-14-9-21(10-15-31)17-20-7-3-1-4-8-20)29-25(28-22)33-19-24(32)27-11-16-30-12-5-2-6-13-30/h1,3-4,7-8,18,21H,2,5-6,9-17,19H2,(H,27,32). The van der Waals surface area contributed by atoms with E-state index in [0.717, 1.165) is 57.8 Å². The molecule has 2 fully saturated rings. The lowest BCUT2D eigenvalue weighted by Gasteiger charge is -2.33. The molecule has 8 heteroatoms. The summed E-state index contributed by atoms with van der Waals surface area (Å²) in [6.07, 6.45) is 7.27. The summed E-state index contributed by atoms with van der Waals surface area (Å²) >= 11 is 7.64. The number of benzene rings is 1. The quantitative estimate of drug-likeness (QED) is 0.323. The van der Waals surface area contributed by atoms with Gasteiger partial charge in [-0.2, -0.15) is 0 Å². The number of carbonyl (C=O) groups is 1. The molecule has 6 nitrogen and oxygen atoms in total. The fourth-order valence-electron chi connectivity index (χ4n) is 4.64. The molecule has 1 aromatic carbocycles. The van der Waals surface area contributed by atoms with Gasteiger partial charge in [-0.1, -0.05) is 60.1 Å². The summed E-state index contributed by atoms with van der Waals surface area (Å²) in [7, 11) is 0. The number of nitrogens with one attached hydrogen (secondary N) is 1. The number of carbonyl (C=O) groups excluding carboxylic acids is 1. The normalized spacial score (nSPS) is 17.8. The van der Waals surface area contributed by atoms with Crippen LogP contribution in [-0.4, -0.2) is 65.8 Å². The van der Waals surface area contributed by atoms with Crippen molar-refractivity contribution in [2.45, 2.75) is 43.7 Å². The van der Waals surface area contributed by atoms with Gasteiger partial charge in [0.25, 0.3) is 0 Å². The second-order valence-electron chi connectivity index (χ2n) is 8.99. The number of hydrogen-bond acceptors (Lipinski definition) is 6. The molecule has 33 heavy (non-hydrogen) atoms. The largest absolute Gasteiger partial charge is 0.356 e. The van der Waals surface area contributed by atoms with Gasteiger partial charge in [0.05, 0.1) is 5.75 Å². The Morgan fingerprint density at radius 1 is 1.06 bits per heavy atom. The van der Waals surface area contributed by atoms with Crippen LogP contribution in [0.1, 0.15) is 37.7 Å². The highest BCUT2D eigenvalue weighted by atomic mass is 35.5. The zero-order valence-electron chi connectivity index (χ0n) is 19.2. The Morgan fingerprint density at radius 3 is 2.58 bits per heavy atom. The molecule has 4 rings (SSSR count). The Labute approximate surface area is 206 Å². The molecule has 1 aromatic heterocycles. The monoisotopic (exact) mass is 487 g/mol. The third-order valence-electron chi connectivity index (χ3n) is 6.50. The minimum atomic E-state index is 0.0175. The Balaban J connectivity index is 1.21. The average molecular weight is 488 g/mol. The van der Waals surface area contributed by atoms with Crippen LogP contribution in [0.2, 0.25) is 5.15 Å². The first-order chi connectivity index (χ1) is 16.2. The summed E-state index contributed by atoms with van der Waals surface area (Å²) in [5.41, 5.74) is 1.41. The summed E-state index contributed by atoms with van der Waals surface area (Å²) in [4.78, 5) is 26.0. The maximum atomic E-state index is 12.3. The summed E-state index contributed by atoms with van der Waals surface area (Å²) < 4.78 is 0. The number of aromatic nitrogens is 2. The lowest BCUT2D eigenvalue weighted by Crippen LogP contribution is -2.38. The van der Waals surface area contributed by atoms with Crippen molar-refractivity contribution in [2.75, 3.05) is 49.9 Å². The van der Waals surface area contributed by atoms with E-state index < -0.39 is 0 Å². The first-order valence-electron chi connectivity index (χ1n) is 12.1. The molecule has 0 saturated carbocycles. The number of nitrogens with zero attached hydrogens (tertiary/aromatic N) is 4. The molecule has 1 N–H and O–H groups in total. The topological polar surface area (TPSA) is 61.4 Å². The van der Waals surface area contributed by atoms with Gasteiger partial charge in [0.15, 0.2) is 5.16 Å². The van der Waals surface area contributed by atoms with Gasteiger partial charge in [-0.3, -0.25) is 4.79 Å². The van der Waals surface area contributed by atoms with Gasteiger partial charge >= 0.3 is 0 Å². The van der Waals surface area contributed by atoms with E-state index in [1.807, 2.05) is 6.07 Å². The minimum Gasteiger partial charge on any atom is -0.356 e. The van der Waals surface area contributed by atoms with E-state index in [-0.39, 0.29) is 5.91 Å². The Hall–Kier alpha value is -1.83. The van der Waals surface area contributed by atoms with E-state index in [4.69, 9.17) is 16.6 Å². The Morgan fingerprint density at radius 2 is 1.82 bits per heavy atom. The molecule has 2 aromatic rings. The first-order valence-corrected chi connectivity index (χ1v) is 13.5. The van der Waals surface area contributed by atoms with E-state index in [0.29, 0.717) is 28.5 Å². The van der Waals surface area contributed by atoms with Crippen LogP contribution in [0.25, 0.3) is 0 Å². The minimum absolute atomic E-state index is 0.0175. The molecule has 2 aliphatic heterocycles. The van der Waals surface area contributed by atoms with Crippen LogP contribution < -0.4 is 10.2 Å². The average Bonchev–Trinajstić information content (AvgIpc) is 2.84. The molecule has 2 saturated heterocycles. The number of piperidine rings is 2. The highest BCUT2D eigenvalue weighted by Gasteiger charge is 2.21. The van der Waals surface area contributed by atoms with E-state index in [1.165, 1.54) is 36.6 Å². The van der Waals surface area contributed by atoms with E-state index in [9.17, 15) is 4.79 Å². The predicted molar refractivity (Wildman–Crippen MR) is 136 cm³/mol. The number of rotatable bonds is 9. The van der Waals surface area contributed by atoms with Crippen LogP contribution >= 0.6 is 23.4 Å². The predicted octanol–water partition coefficient (Wildman–Crippen LogP) is 4.28. The summed E-state index contributed by atoms with van der Waals surface area (Å²) in [5, 5.41) is 4.01. The first kappa shape index (κ1) is 24.3. The maximum Gasteiger partial charge on any atom is 0.230 e. The fourth-order valence-corrected chi connectivity index (χ4v) is 5.55. The Kier molecular flexibility index (Phi) is 9.26. The zero-order valence-corrected chi connectivity index (χ0v) is 20.8. The van der Waals surface area contributed by atoms with Crippen molar-refractivity contribution >= 4 is 35.1 Å². The molecule has 0 aliphatic carbocycles. The Bertz CT molecular complexity index is 886. The fraction of sp³-hybridized carbons (Fsp3) is 0.560. The van der Waals surface area contributed by atoms with Crippen molar-refractivity contribution in [1.82, 2.24) is 20.2 Å². The molecule has 0 unspecified atom stereocenters. The molecule has 1 amide bonds. The van der Waals surface area contributed by atoms with Crippen LogP contribution in [0.15, 0.2) is 41.6 Å². The van der Waals surface area contributed by atoms with Gasteiger partial charge in [-0.05, 0) is 56.7 Å². The second-order valence-corrected chi connectivity index (χ2v) is 10.3. The lowest BCUT2D eigenvalue weighted by atomic mass is 9.90. The third-order valence-corrected chi connectivity index (χ3v) is 7.54. The van der Waals surface area contributed by atoms with E-state index >= 15 is 0 Å². The number of thioether (sulfide) groups is 1. The molecule has 0 atom stereocenters. The maximum absolute atomic E-state index is 12.3. The number of likely N-dealkylation sites (tertiary alicyclic amines) is 1. The molecule has 3 heterocycles. The van der Waals surface area contributed by atoms with Crippen LogP contribution in [0.4, 0.5) is 5.82 Å². The van der Waals surface area contributed by atoms with Crippen molar-refractivity contribution in [2.24, 2.45) is 5.92 Å². The molecule has 2 aliphatic rings. The van der Waals surface area contributed by atoms with Crippen LogP contribution in [0, 0.1) is 5.92 Å². The van der Waals surface area contributed by atoms with Crippen molar-refractivity contribution < 1.29 is 4.79 Å².